The van der Waals surface area contributed by atoms with Crippen LogP contribution in [0.15, 0.2) is 53.5 Å². The molecular weight excluding hydrogens is 596 g/mol. The molecule has 2 heterocycles. The predicted octanol–water partition coefficient (Wildman–Crippen LogP) is 5.82. The largest absolute Gasteiger partial charge is 0.573 e. The van der Waals surface area contributed by atoms with Crippen molar-refractivity contribution >= 4 is 23.8 Å². The van der Waals surface area contributed by atoms with Gasteiger partial charge in [0.1, 0.15) is 34.9 Å². The minimum atomic E-state index is -4.99. The van der Waals surface area contributed by atoms with Gasteiger partial charge in [-0.15, -0.1) is 13.2 Å². The summed E-state index contributed by atoms with van der Waals surface area (Å²) in [6.07, 6.45) is -9.23. The van der Waals surface area contributed by atoms with Crippen LogP contribution >= 0.6 is 0 Å². The molecule has 4 rings (SSSR count). The van der Waals surface area contributed by atoms with Crippen LogP contribution in [0.5, 0.6) is 11.5 Å². The Morgan fingerprint density at radius 3 is 2.21 bits per heavy atom. The number of aromatic nitrogens is 1. The molecule has 0 N–H and O–H groups in total. The van der Waals surface area contributed by atoms with Crippen molar-refractivity contribution in [1.29, 1.82) is 5.26 Å². The summed E-state index contributed by atoms with van der Waals surface area (Å²) in [4.78, 5) is 33.8. The third kappa shape index (κ3) is 6.71. The zero-order chi connectivity index (χ0) is 31.7. The first-order valence-corrected chi connectivity index (χ1v) is 11.9. The fraction of sp³-hybridized carbons (Fsp3) is 0.222. The fourth-order valence-electron chi connectivity index (χ4n) is 4.34. The van der Waals surface area contributed by atoms with Crippen molar-refractivity contribution in [3.8, 4) is 17.6 Å². The van der Waals surface area contributed by atoms with Crippen LogP contribution in [0.25, 0.3) is 0 Å². The highest BCUT2D eigenvalue weighted by Gasteiger charge is 2.45. The number of carbonyl (C=O) groups is 2. The van der Waals surface area contributed by atoms with E-state index in [9.17, 15) is 41.2 Å². The van der Waals surface area contributed by atoms with E-state index in [2.05, 4.69) is 14.7 Å². The van der Waals surface area contributed by atoms with E-state index in [1.54, 1.807) is 6.07 Å². The number of halogens is 8. The maximum atomic E-state index is 15.1. The molecular formula is C27H16F8N4O4. The zero-order valence-electron chi connectivity index (χ0n) is 21.5. The van der Waals surface area contributed by atoms with Crippen LogP contribution in [0, 0.1) is 28.9 Å². The molecule has 2 atom stereocenters. The number of aliphatic imine (C=N–C) groups is 1. The zero-order valence-corrected chi connectivity index (χ0v) is 21.5. The minimum absolute atomic E-state index is 0.218. The Morgan fingerprint density at radius 2 is 1.67 bits per heavy atom. The lowest BCUT2D eigenvalue weighted by atomic mass is 9.88. The van der Waals surface area contributed by atoms with Crippen LogP contribution in [-0.4, -0.2) is 43.0 Å². The van der Waals surface area contributed by atoms with Gasteiger partial charge in [-0.05, 0) is 36.4 Å². The van der Waals surface area contributed by atoms with Crippen molar-refractivity contribution in [3.05, 3.63) is 82.5 Å². The maximum Gasteiger partial charge on any atom is 0.573 e. The van der Waals surface area contributed by atoms with Gasteiger partial charge < -0.3 is 9.47 Å². The number of methoxy groups -OCH3 is 1. The van der Waals surface area contributed by atoms with E-state index in [1.807, 2.05) is 0 Å². The van der Waals surface area contributed by atoms with Gasteiger partial charge in [0.05, 0.1) is 18.6 Å². The third-order valence-electron chi connectivity index (χ3n) is 6.25. The highest BCUT2D eigenvalue weighted by molar-refractivity contribution is 6.10. The number of hydrogen-bond donors (Lipinski definition) is 0. The van der Waals surface area contributed by atoms with Gasteiger partial charge in [0.25, 0.3) is 5.91 Å². The summed E-state index contributed by atoms with van der Waals surface area (Å²) in [5.74, 6) is -9.26. The van der Waals surface area contributed by atoms with E-state index in [-0.39, 0.29) is 11.3 Å². The second-order valence-electron chi connectivity index (χ2n) is 8.92. The molecule has 0 aliphatic carbocycles. The quantitative estimate of drug-likeness (QED) is 0.257. The third-order valence-corrected chi connectivity index (χ3v) is 6.25. The molecule has 2 amide bonds. The summed E-state index contributed by atoms with van der Waals surface area (Å²) < 4.78 is 116. The van der Waals surface area contributed by atoms with Crippen molar-refractivity contribution in [3.63, 3.8) is 0 Å². The first-order chi connectivity index (χ1) is 20.1. The Labute approximate surface area is 236 Å². The minimum Gasteiger partial charge on any atom is -0.497 e. The molecule has 1 unspecified atom stereocenters. The molecule has 1 aliphatic rings. The molecule has 3 aromatic rings. The van der Waals surface area contributed by atoms with Crippen LogP contribution in [0.1, 0.15) is 33.1 Å². The Morgan fingerprint density at radius 1 is 1.05 bits per heavy atom. The fourth-order valence-corrected chi connectivity index (χ4v) is 4.34. The molecule has 0 spiro atoms. The number of amides is 2. The van der Waals surface area contributed by atoms with Gasteiger partial charge in [-0.25, -0.2) is 18.8 Å². The lowest BCUT2D eigenvalue weighted by Crippen LogP contribution is -2.30. The molecule has 43 heavy (non-hydrogen) atoms. The summed E-state index contributed by atoms with van der Waals surface area (Å²) in [6.45, 7) is -0.670. The number of nitrogens with zero attached hydrogens (tertiary/aromatic N) is 4. The summed E-state index contributed by atoms with van der Waals surface area (Å²) in [7, 11) is 1.14. The number of anilines is 1. The average Bonchev–Trinajstić information content (AvgIpc) is 3.24. The Balaban J connectivity index is 1.75. The van der Waals surface area contributed by atoms with E-state index >= 15 is 8.78 Å². The number of benzene rings is 2. The monoisotopic (exact) mass is 612 g/mol. The van der Waals surface area contributed by atoms with Crippen LogP contribution in [-0.2, 0) is 11.0 Å². The van der Waals surface area contributed by atoms with E-state index in [1.165, 1.54) is 0 Å². The number of nitriles is 1. The van der Waals surface area contributed by atoms with E-state index < -0.39 is 82.8 Å². The first-order valence-electron chi connectivity index (χ1n) is 11.9. The second-order valence-corrected chi connectivity index (χ2v) is 8.92. The van der Waals surface area contributed by atoms with Gasteiger partial charge in [-0.2, -0.15) is 18.4 Å². The Hall–Kier alpha value is -5.07. The highest BCUT2D eigenvalue weighted by Crippen LogP contribution is 2.40. The highest BCUT2D eigenvalue weighted by atomic mass is 19.4. The molecule has 0 saturated carbocycles. The number of hydrogen-bond acceptors (Lipinski definition) is 6. The second kappa shape index (κ2) is 11.7. The van der Waals surface area contributed by atoms with Crippen molar-refractivity contribution in [2.75, 3.05) is 18.6 Å². The molecule has 1 aromatic heterocycles. The molecule has 1 fully saturated rings. The van der Waals surface area contributed by atoms with E-state index in [0.717, 1.165) is 55.8 Å². The van der Waals surface area contributed by atoms with Crippen molar-refractivity contribution in [2.45, 2.75) is 18.5 Å². The molecule has 0 radical (unpaired) electrons. The normalized spacial score (nSPS) is 17.3. The van der Waals surface area contributed by atoms with Crippen molar-refractivity contribution in [1.82, 2.24) is 4.98 Å². The van der Waals surface area contributed by atoms with Crippen molar-refractivity contribution in [2.24, 2.45) is 10.9 Å². The van der Waals surface area contributed by atoms with E-state index in [0.29, 0.717) is 11.0 Å². The van der Waals surface area contributed by atoms with Crippen LogP contribution in [0.3, 0.4) is 0 Å². The van der Waals surface area contributed by atoms with Crippen LogP contribution in [0.2, 0.25) is 0 Å². The SMILES string of the molecule is COc1cc(F)c([C@@H]2CN(c3nc(C(F)(F)F)ccc3C#N)C(=O)C2C=NC(=O)c2ccc(OC(F)(F)F)cc2)c(F)c1. The summed E-state index contributed by atoms with van der Waals surface area (Å²) in [5.41, 5.74) is -2.83. The van der Waals surface area contributed by atoms with Crippen molar-refractivity contribution < 1.29 is 54.2 Å². The number of carbonyl (C=O) groups excluding carboxylic acids is 2. The summed E-state index contributed by atoms with van der Waals surface area (Å²) in [6, 6.07) is 8.05. The standard InChI is InChI=1S/C27H16F8N4O4/c1-42-16-8-19(28)22(20(29)9-16)18-12-39(23-14(10-36)4-7-21(38-23)26(30,31)32)25(41)17(18)11-37-24(40)13-2-5-15(6-3-13)43-27(33,34)35/h2-9,11,17-18H,12H2,1H3/t17?,18-/m1/s1. The molecule has 8 nitrogen and oxygen atoms in total. The lowest BCUT2D eigenvalue weighted by molar-refractivity contribution is -0.274. The lowest BCUT2D eigenvalue weighted by Gasteiger charge is -2.19. The molecule has 1 aliphatic heterocycles. The number of ether oxygens (including phenoxy) is 2. The number of rotatable bonds is 6. The first kappa shape index (κ1) is 30.9. The smallest absolute Gasteiger partial charge is 0.497 e. The van der Waals surface area contributed by atoms with Gasteiger partial charge in [0, 0.05) is 41.9 Å². The predicted molar refractivity (Wildman–Crippen MR) is 131 cm³/mol. The van der Waals surface area contributed by atoms with Gasteiger partial charge in [-0.1, -0.05) is 0 Å². The topological polar surface area (TPSA) is 105 Å². The molecule has 0 bridgehead atoms. The summed E-state index contributed by atoms with van der Waals surface area (Å²) in [5, 5.41) is 9.45. The maximum absolute atomic E-state index is 15.1. The van der Waals surface area contributed by atoms with Gasteiger partial charge in [0.15, 0.2) is 5.82 Å². The van der Waals surface area contributed by atoms with Gasteiger partial charge in [-0.3, -0.25) is 14.5 Å². The molecule has 1 saturated heterocycles. The Bertz CT molecular complexity index is 1610. The van der Waals surface area contributed by atoms with Crippen LogP contribution < -0.4 is 14.4 Å². The number of pyridine rings is 1. The molecule has 2 aromatic carbocycles. The van der Waals surface area contributed by atoms with Gasteiger partial charge >= 0.3 is 12.5 Å². The average molecular weight is 612 g/mol. The Kier molecular flexibility index (Phi) is 8.38. The van der Waals surface area contributed by atoms with Gasteiger partial charge in [0.2, 0.25) is 5.91 Å². The molecule has 224 valence electrons. The summed E-state index contributed by atoms with van der Waals surface area (Å²) >= 11 is 0. The molecule has 16 heteroatoms. The van der Waals surface area contributed by atoms with E-state index in [4.69, 9.17) is 4.74 Å². The number of alkyl halides is 6. The van der Waals surface area contributed by atoms with Crippen LogP contribution in [0.4, 0.5) is 40.9 Å².